The van der Waals surface area contributed by atoms with E-state index >= 15 is 0 Å². The van der Waals surface area contributed by atoms with Crippen LogP contribution in [-0.2, 0) is 31.4 Å². The molecule has 0 N–H and O–H groups in total. The lowest BCUT2D eigenvalue weighted by atomic mass is 9.58. The van der Waals surface area contributed by atoms with Crippen LogP contribution in [0.15, 0.2) is 48.5 Å². The number of ether oxygens (including phenoxy) is 2. The van der Waals surface area contributed by atoms with E-state index in [1.165, 1.54) is 11.1 Å². The number of carbonyl (C=O) groups excluding carboxylic acids is 2. The molecule has 0 spiro atoms. The molecular weight excluding hydrogens is 476 g/mol. The van der Waals surface area contributed by atoms with Crippen LogP contribution < -0.4 is 0 Å². The lowest BCUT2D eigenvalue weighted by Gasteiger charge is -2.53. The summed E-state index contributed by atoms with van der Waals surface area (Å²) in [6.45, 7) is 18.0. The van der Waals surface area contributed by atoms with E-state index in [1.54, 1.807) is 0 Å². The number of hydrogen-bond donors (Lipinski definition) is 0. The first-order valence-corrected chi connectivity index (χ1v) is 13.8. The first-order chi connectivity index (χ1) is 17.6. The van der Waals surface area contributed by atoms with Crippen LogP contribution in [0.5, 0.6) is 0 Å². The van der Waals surface area contributed by atoms with Crippen molar-refractivity contribution in [2.75, 3.05) is 13.1 Å². The average molecular weight is 517 g/mol. The van der Waals surface area contributed by atoms with Crippen LogP contribution >= 0.6 is 0 Å². The minimum absolute atomic E-state index is 0.131. The van der Waals surface area contributed by atoms with Gasteiger partial charge in [0.1, 0.15) is 22.3 Å². The summed E-state index contributed by atoms with van der Waals surface area (Å²) in [6, 6.07) is 16.8. The molecule has 2 fully saturated rings. The maximum Gasteiger partial charge on any atom is 0.411 e. The van der Waals surface area contributed by atoms with Crippen molar-refractivity contribution in [2.45, 2.75) is 101 Å². The second-order valence-electron chi connectivity index (χ2n) is 13.9. The van der Waals surface area contributed by atoms with Crippen LogP contribution in [0, 0.1) is 0 Å². The van der Waals surface area contributed by atoms with E-state index < -0.39 is 22.3 Å². The summed E-state index contributed by atoms with van der Waals surface area (Å²) in [4.78, 5) is 30.8. The molecule has 0 bridgehead atoms. The Hall–Kier alpha value is -3.02. The third-order valence-electron chi connectivity index (χ3n) is 10.7. The summed E-state index contributed by atoms with van der Waals surface area (Å²) in [7, 11) is 0. The number of nitrogens with zero attached hydrogens (tertiary/aromatic N) is 2. The molecule has 0 radical (unpaired) electrons. The number of rotatable bonds is 3. The van der Waals surface area contributed by atoms with E-state index in [1.807, 2.05) is 21.9 Å². The predicted octanol–water partition coefficient (Wildman–Crippen LogP) is 6.60. The van der Waals surface area contributed by atoms with Gasteiger partial charge in [0.2, 0.25) is 0 Å². The van der Waals surface area contributed by atoms with Crippen molar-refractivity contribution < 1.29 is 19.1 Å². The molecule has 2 saturated heterocycles. The summed E-state index contributed by atoms with van der Waals surface area (Å²) < 4.78 is 12.4. The minimum Gasteiger partial charge on any atom is -0.440 e. The summed E-state index contributed by atoms with van der Waals surface area (Å²) >= 11 is 0. The molecule has 6 rings (SSSR count). The Balaban J connectivity index is 1.40. The Labute approximate surface area is 226 Å². The van der Waals surface area contributed by atoms with Gasteiger partial charge in [-0.05, 0) is 73.6 Å². The molecule has 2 heterocycles. The second kappa shape index (κ2) is 7.34. The molecule has 0 unspecified atom stereocenters. The van der Waals surface area contributed by atoms with E-state index in [-0.39, 0.29) is 23.0 Å². The zero-order chi connectivity index (χ0) is 27.5. The zero-order valence-corrected chi connectivity index (χ0v) is 24.0. The first kappa shape index (κ1) is 25.3. The fraction of sp³-hybridized carbons (Fsp3) is 0.562. The molecule has 6 nitrogen and oxygen atoms in total. The fourth-order valence-corrected chi connectivity index (χ4v) is 8.61. The van der Waals surface area contributed by atoms with E-state index in [4.69, 9.17) is 9.47 Å². The summed E-state index contributed by atoms with van der Waals surface area (Å²) in [5.74, 6) is 0. The third kappa shape index (κ3) is 2.89. The SMILES string of the molecule is CC1(C)C[C@]2(C)OC(=O)N(CCN3C(=O)O[C@@]4(C)CC(C)(C)c5ccccc5[C@]34C)[C@]2(C)c2ccccc21. The highest BCUT2D eigenvalue weighted by Crippen LogP contribution is 2.59. The molecule has 2 aromatic rings. The van der Waals surface area contributed by atoms with E-state index in [0.717, 1.165) is 24.0 Å². The molecular formula is C32H40N2O4. The average Bonchev–Trinajstić information content (AvgIpc) is 3.14. The molecule has 38 heavy (non-hydrogen) atoms. The van der Waals surface area contributed by atoms with Crippen molar-refractivity contribution >= 4 is 12.2 Å². The fourth-order valence-electron chi connectivity index (χ4n) is 8.61. The van der Waals surface area contributed by atoms with Crippen LogP contribution in [0.4, 0.5) is 9.59 Å². The van der Waals surface area contributed by atoms with Crippen LogP contribution in [0.25, 0.3) is 0 Å². The Bertz CT molecular complexity index is 1260. The monoisotopic (exact) mass is 516 g/mol. The van der Waals surface area contributed by atoms with Crippen molar-refractivity contribution in [1.82, 2.24) is 9.80 Å². The topological polar surface area (TPSA) is 59.1 Å². The van der Waals surface area contributed by atoms with Gasteiger partial charge in [-0.1, -0.05) is 76.2 Å². The van der Waals surface area contributed by atoms with Gasteiger partial charge in [0, 0.05) is 13.1 Å². The molecule has 0 saturated carbocycles. The molecule has 0 aromatic heterocycles. The number of benzene rings is 2. The van der Waals surface area contributed by atoms with Gasteiger partial charge in [0.05, 0.1) is 0 Å². The maximum atomic E-state index is 13.5. The van der Waals surface area contributed by atoms with Gasteiger partial charge in [0.15, 0.2) is 0 Å². The Morgan fingerprint density at radius 2 is 0.895 bits per heavy atom. The number of hydrogen-bond acceptors (Lipinski definition) is 4. The standard InChI is InChI=1S/C32H40N2O4/c1-27(2)19-29(5)31(7,23-15-11-9-13-21(23)27)33(25(35)37-29)17-18-34-26(36)38-30(6)20-28(3,4)22-14-10-12-16-24(22)32(30,34)8/h9-16H,17-20H2,1-8H3/t29-,30-,31-,32+/m0/s1. The van der Waals surface area contributed by atoms with E-state index in [0.29, 0.717) is 13.1 Å². The Kier molecular flexibility index (Phi) is 4.88. The predicted molar refractivity (Wildman–Crippen MR) is 146 cm³/mol. The van der Waals surface area contributed by atoms with Gasteiger partial charge >= 0.3 is 12.2 Å². The third-order valence-corrected chi connectivity index (χ3v) is 10.7. The number of fused-ring (bicyclic) bond motifs is 6. The highest BCUT2D eigenvalue weighted by molar-refractivity contribution is 5.76. The molecule has 2 amide bonds. The summed E-state index contributed by atoms with van der Waals surface area (Å²) in [5, 5.41) is 0. The molecule has 2 aliphatic carbocycles. The largest absolute Gasteiger partial charge is 0.440 e. The number of amides is 2. The summed E-state index contributed by atoms with van der Waals surface area (Å²) in [6.07, 6.45) is 0.792. The Morgan fingerprint density at radius 3 is 1.24 bits per heavy atom. The maximum absolute atomic E-state index is 13.5. The van der Waals surface area contributed by atoms with Crippen molar-refractivity contribution in [1.29, 1.82) is 0 Å². The van der Waals surface area contributed by atoms with Crippen LogP contribution in [0.3, 0.4) is 0 Å². The van der Waals surface area contributed by atoms with Gasteiger partial charge in [-0.3, -0.25) is 9.80 Å². The lowest BCUT2D eigenvalue weighted by Crippen LogP contribution is -2.61. The lowest BCUT2D eigenvalue weighted by molar-refractivity contribution is -0.0368. The zero-order valence-electron chi connectivity index (χ0n) is 24.0. The second-order valence-corrected chi connectivity index (χ2v) is 13.9. The van der Waals surface area contributed by atoms with Gasteiger partial charge in [-0.15, -0.1) is 0 Å². The van der Waals surface area contributed by atoms with Gasteiger partial charge in [-0.2, -0.15) is 0 Å². The first-order valence-electron chi connectivity index (χ1n) is 13.8. The van der Waals surface area contributed by atoms with Crippen LogP contribution in [-0.4, -0.2) is 46.3 Å². The smallest absolute Gasteiger partial charge is 0.411 e. The van der Waals surface area contributed by atoms with Crippen LogP contribution in [0.2, 0.25) is 0 Å². The molecule has 6 heteroatoms. The van der Waals surface area contributed by atoms with E-state index in [2.05, 4.69) is 91.8 Å². The summed E-state index contributed by atoms with van der Waals surface area (Å²) in [5.41, 5.74) is 1.78. The van der Waals surface area contributed by atoms with Crippen molar-refractivity contribution in [3.8, 4) is 0 Å². The molecule has 202 valence electrons. The molecule has 2 aliphatic heterocycles. The normalized spacial score (nSPS) is 36.1. The molecule has 2 aromatic carbocycles. The van der Waals surface area contributed by atoms with Gasteiger partial charge in [0.25, 0.3) is 0 Å². The van der Waals surface area contributed by atoms with E-state index in [9.17, 15) is 9.59 Å². The highest BCUT2D eigenvalue weighted by Gasteiger charge is 2.68. The van der Waals surface area contributed by atoms with Gasteiger partial charge < -0.3 is 9.47 Å². The van der Waals surface area contributed by atoms with Crippen molar-refractivity contribution in [3.63, 3.8) is 0 Å². The minimum atomic E-state index is -0.687. The number of carbonyl (C=O) groups is 2. The Morgan fingerprint density at radius 1 is 0.579 bits per heavy atom. The van der Waals surface area contributed by atoms with Crippen molar-refractivity contribution in [2.24, 2.45) is 0 Å². The highest BCUT2D eigenvalue weighted by atomic mass is 16.6. The van der Waals surface area contributed by atoms with Crippen LogP contribution in [0.1, 0.15) is 90.5 Å². The molecule has 4 aliphatic rings. The van der Waals surface area contributed by atoms with Gasteiger partial charge in [-0.25, -0.2) is 9.59 Å². The quantitative estimate of drug-likeness (QED) is 0.461. The molecule has 4 atom stereocenters. The van der Waals surface area contributed by atoms with Crippen molar-refractivity contribution in [3.05, 3.63) is 70.8 Å².